The van der Waals surface area contributed by atoms with Crippen LogP contribution in [0.2, 0.25) is 39.3 Å². The molecule has 0 aliphatic rings. The molecule has 0 amide bonds. The third-order valence-corrected chi connectivity index (χ3v) is 14.9. The van der Waals surface area contributed by atoms with Gasteiger partial charge >= 0.3 is 0 Å². The second-order valence-corrected chi connectivity index (χ2v) is 18.3. The molecule has 0 N–H and O–H groups in total. The average molecular weight is 282 g/mol. The molecule has 2 nitrogen and oxygen atoms in total. The normalized spacial score (nSPS) is 15.9. The van der Waals surface area contributed by atoms with Gasteiger partial charge in [0.05, 0.1) is 0 Å². The highest BCUT2D eigenvalue weighted by Gasteiger charge is 2.42. The van der Waals surface area contributed by atoms with Crippen molar-refractivity contribution in [1.29, 1.82) is 0 Å². The van der Waals surface area contributed by atoms with Gasteiger partial charge in [0.1, 0.15) is 16.5 Å². The Morgan fingerprint density at radius 3 is 1.38 bits per heavy atom. The van der Waals surface area contributed by atoms with Crippen LogP contribution in [0.4, 0.5) is 4.20 Å². The molecule has 0 radical (unpaired) electrons. The lowest BCUT2D eigenvalue weighted by Gasteiger charge is -2.47. The van der Waals surface area contributed by atoms with Gasteiger partial charge in [0.25, 0.3) is 0 Å². The highest BCUT2D eigenvalue weighted by Crippen LogP contribution is 2.51. The van der Waals surface area contributed by atoms with Gasteiger partial charge in [0.15, 0.2) is 0 Å². The Labute approximate surface area is 104 Å². The van der Waals surface area contributed by atoms with E-state index in [9.17, 15) is 4.20 Å². The smallest absolute Gasteiger partial charge is 0.223 e. The second kappa shape index (κ2) is 6.05. The Hall–Kier alpha value is 0.714. The first kappa shape index (κ1) is 16.7. The van der Waals surface area contributed by atoms with Crippen LogP contribution in [0.5, 0.6) is 0 Å². The van der Waals surface area contributed by atoms with Gasteiger partial charge in [0, 0.05) is 13.1 Å². The predicted octanol–water partition coefficient (Wildman–Crippen LogP) is 4.50. The van der Waals surface area contributed by atoms with Gasteiger partial charge in [-0.1, -0.05) is 53.1 Å². The Morgan fingerprint density at radius 1 is 0.875 bits per heavy atom. The van der Waals surface area contributed by atoms with E-state index in [1.807, 2.05) is 18.5 Å². The molecule has 0 aromatic carbocycles. The van der Waals surface area contributed by atoms with Crippen molar-refractivity contribution in [2.45, 2.75) is 53.1 Å². The molecule has 0 bridgehead atoms. The molecule has 0 fully saturated rings. The molecule has 0 spiro atoms. The van der Waals surface area contributed by atoms with Crippen LogP contribution in [0, 0.1) is 0 Å². The molecule has 0 aromatic rings. The molecule has 16 heavy (non-hydrogen) atoms. The fraction of sp³-hybridized carbons (Fsp3) is 1.00. The SMILES string of the molecule is CCN(CC)P(F)N([Si](C)(C)C)[Si](C)(C)C. The Kier molecular flexibility index (Phi) is 6.32. The van der Waals surface area contributed by atoms with Gasteiger partial charge in [0.2, 0.25) is 8.53 Å². The molecule has 0 heterocycles. The fourth-order valence-electron chi connectivity index (χ4n) is 2.08. The van der Waals surface area contributed by atoms with E-state index < -0.39 is 25.0 Å². The minimum absolute atomic E-state index is 0.810. The highest BCUT2D eigenvalue weighted by atomic mass is 31.2. The van der Waals surface area contributed by atoms with Gasteiger partial charge in [-0.05, 0) is 0 Å². The third kappa shape index (κ3) is 4.53. The lowest BCUT2D eigenvalue weighted by atomic mass is 10.7. The molecular formula is C10H28FN2PSi2. The number of halogens is 1. The molecule has 0 aromatic heterocycles. The standard InChI is InChI=1S/C10H28FN2PSi2/c1-9-12(10-2)14(11)13(15(3,4)5)16(6,7)8/h9-10H2,1-8H3. The quantitative estimate of drug-likeness (QED) is 0.523. The number of rotatable bonds is 6. The van der Waals surface area contributed by atoms with Gasteiger partial charge in [-0.3, -0.25) is 4.00 Å². The molecule has 0 aliphatic carbocycles. The van der Waals surface area contributed by atoms with Crippen molar-refractivity contribution < 1.29 is 4.20 Å². The first-order chi connectivity index (χ1) is 7.05. The van der Waals surface area contributed by atoms with E-state index in [1.165, 1.54) is 0 Å². The molecule has 6 heteroatoms. The van der Waals surface area contributed by atoms with Crippen LogP contribution < -0.4 is 0 Å². The van der Waals surface area contributed by atoms with Crippen molar-refractivity contribution in [2.75, 3.05) is 13.1 Å². The lowest BCUT2D eigenvalue weighted by molar-refractivity contribution is 0.464. The van der Waals surface area contributed by atoms with Crippen molar-refractivity contribution >= 4 is 25.0 Å². The average Bonchev–Trinajstić information content (AvgIpc) is 2.00. The summed E-state index contributed by atoms with van der Waals surface area (Å²) in [5.41, 5.74) is 0. The number of nitrogens with zero attached hydrogens (tertiary/aromatic N) is 2. The van der Waals surface area contributed by atoms with Gasteiger partial charge < -0.3 is 0 Å². The van der Waals surface area contributed by atoms with Gasteiger partial charge in [-0.2, -0.15) is 4.20 Å². The fourth-order valence-corrected chi connectivity index (χ4v) is 15.6. The summed E-state index contributed by atoms with van der Waals surface area (Å²) in [7, 11) is -4.74. The molecule has 0 saturated heterocycles. The molecule has 0 rings (SSSR count). The zero-order valence-corrected chi connectivity index (χ0v) is 15.0. The summed E-state index contributed by atoms with van der Waals surface area (Å²) in [4.78, 5) is 0. The first-order valence-electron chi connectivity index (χ1n) is 6.06. The summed E-state index contributed by atoms with van der Waals surface area (Å²) in [5, 5.41) is 0. The van der Waals surface area contributed by atoms with Crippen molar-refractivity contribution in [3.63, 3.8) is 0 Å². The molecule has 98 valence electrons. The number of hydrogen-bond donors (Lipinski definition) is 0. The Morgan fingerprint density at radius 2 is 1.19 bits per heavy atom. The van der Waals surface area contributed by atoms with Crippen LogP contribution >= 0.6 is 8.53 Å². The summed E-state index contributed by atoms with van der Waals surface area (Å²) < 4.78 is 19.0. The van der Waals surface area contributed by atoms with Crippen molar-refractivity contribution in [3.05, 3.63) is 0 Å². The lowest BCUT2D eigenvalue weighted by Crippen LogP contribution is -2.56. The zero-order chi connectivity index (χ0) is 13.1. The van der Waals surface area contributed by atoms with E-state index in [-0.39, 0.29) is 0 Å². The van der Waals surface area contributed by atoms with E-state index in [2.05, 4.69) is 43.3 Å². The first-order valence-corrected chi connectivity index (χ1v) is 14.1. The largest absolute Gasteiger partial charge is 0.287 e. The maximum atomic E-state index is 14.7. The minimum Gasteiger partial charge on any atom is -0.287 e. The van der Waals surface area contributed by atoms with Crippen molar-refractivity contribution in [2.24, 2.45) is 0 Å². The van der Waals surface area contributed by atoms with E-state index in [4.69, 9.17) is 0 Å². The van der Waals surface area contributed by atoms with Gasteiger partial charge in [-0.25, -0.2) is 4.67 Å². The third-order valence-electron chi connectivity index (χ3n) is 2.40. The molecule has 1 unspecified atom stereocenters. The van der Waals surface area contributed by atoms with Crippen LogP contribution in [-0.4, -0.2) is 38.2 Å². The van der Waals surface area contributed by atoms with E-state index >= 15 is 0 Å². The van der Waals surface area contributed by atoms with Crippen LogP contribution in [0.25, 0.3) is 0 Å². The predicted molar refractivity (Wildman–Crippen MR) is 79.5 cm³/mol. The van der Waals surface area contributed by atoms with Crippen molar-refractivity contribution in [3.8, 4) is 0 Å². The van der Waals surface area contributed by atoms with Crippen LogP contribution in [0.15, 0.2) is 0 Å². The summed E-state index contributed by atoms with van der Waals surface area (Å²) in [6.07, 6.45) is 0. The second-order valence-electron chi connectivity index (χ2n) is 6.03. The Balaban J connectivity index is 5.06. The van der Waals surface area contributed by atoms with Crippen LogP contribution in [0.3, 0.4) is 0 Å². The topological polar surface area (TPSA) is 6.48 Å². The summed E-state index contributed by atoms with van der Waals surface area (Å²) in [6.45, 7) is 19.2. The Bertz CT molecular complexity index is 198. The molecule has 1 atom stereocenters. The van der Waals surface area contributed by atoms with E-state index in [1.54, 1.807) is 0 Å². The van der Waals surface area contributed by atoms with Crippen molar-refractivity contribution in [1.82, 2.24) is 8.67 Å². The monoisotopic (exact) mass is 282 g/mol. The number of hydrogen-bond acceptors (Lipinski definition) is 2. The van der Waals surface area contributed by atoms with Crippen LogP contribution in [-0.2, 0) is 0 Å². The minimum atomic E-state index is -1.59. The van der Waals surface area contributed by atoms with E-state index in [0.717, 1.165) is 13.1 Å². The summed E-state index contributed by atoms with van der Waals surface area (Å²) >= 11 is 0. The highest BCUT2D eigenvalue weighted by molar-refractivity contribution is 7.52. The van der Waals surface area contributed by atoms with Crippen LogP contribution in [0.1, 0.15) is 13.8 Å². The maximum Gasteiger partial charge on any atom is 0.223 e. The van der Waals surface area contributed by atoms with E-state index in [0.29, 0.717) is 0 Å². The molecule has 0 aliphatic heterocycles. The molecule has 0 saturated carbocycles. The summed E-state index contributed by atoms with van der Waals surface area (Å²) in [6, 6.07) is 0. The zero-order valence-electron chi connectivity index (χ0n) is 12.1. The molecular weight excluding hydrogens is 254 g/mol. The maximum absolute atomic E-state index is 14.7. The summed E-state index contributed by atoms with van der Waals surface area (Å²) in [5.74, 6) is 0. The van der Waals surface area contributed by atoms with Gasteiger partial charge in [-0.15, -0.1) is 0 Å².